The molecule has 0 aliphatic carbocycles. The minimum absolute atomic E-state index is 0.0405. The molecule has 3 nitrogen and oxygen atoms in total. The van der Waals surface area contributed by atoms with Gasteiger partial charge in [-0.15, -0.1) is 0 Å². The fraction of sp³-hybridized carbons (Fsp3) is 0.636. The maximum Gasteiger partial charge on any atom is 0.433 e. The summed E-state index contributed by atoms with van der Waals surface area (Å²) in [6, 6.07) is 0. The van der Waals surface area contributed by atoms with Crippen molar-refractivity contribution >= 4 is 11.7 Å². The molecule has 0 saturated heterocycles. The third-order valence-corrected chi connectivity index (χ3v) is 2.41. The number of alkyl halides is 3. The molecule has 1 aliphatic heterocycles. The molecule has 1 aliphatic rings. The second kappa shape index (κ2) is 4.89. The summed E-state index contributed by atoms with van der Waals surface area (Å²) in [7, 11) is 0. The molecular weight excluding hydrogens is 235 g/mol. The van der Waals surface area contributed by atoms with Gasteiger partial charge in [0.1, 0.15) is 0 Å². The number of nitrogens with zero attached hydrogens (tertiary/aromatic N) is 1. The number of aliphatic imine (C=N–C) groups is 1. The molecule has 0 amide bonds. The Morgan fingerprint density at radius 1 is 1.47 bits per heavy atom. The van der Waals surface area contributed by atoms with Crippen molar-refractivity contribution in [2.45, 2.75) is 26.9 Å². The van der Waals surface area contributed by atoms with Crippen molar-refractivity contribution in [1.82, 2.24) is 0 Å². The second-order valence-corrected chi connectivity index (χ2v) is 3.94. The molecule has 0 fully saturated rings. The summed E-state index contributed by atoms with van der Waals surface area (Å²) in [5.41, 5.74) is -1.13. The fourth-order valence-electron chi connectivity index (χ4n) is 1.61. The summed E-state index contributed by atoms with van der Waals surface area (Å²) in [5.74, 6) is -1.11. The molecule has 0 atom stereocenters. The molecule has 1 heterocycles. The SMILES string of the molecule is CCOC(=O)C1=C(C(C)C)CN=C1C(F)(F)F. The lowest BCUT2D eigenvalue weighted by atomic mass is 9.96. The zero-order chi connectivity index (χ0) is 13.2. The number of carbonyl (C=O) groups excluding carboxylic acids is 1. The molecule has 0 radical (unpaired) electrons. The highest BCUT2D eigenvalue weighted by atomic mass is 19.4. The van der Waals surface area contributed by atoms with Crippen molar-refractivity contribution in [3.05, 3.63) is 11.1 Å². The van der Waals surface area contributed by atoms with E-state index in [2.05, 4.69) is 9.73 Å². The molecular formula is C11H14F3NO2. The summed E-state index contributed by atoms with van der Waals surface area (Å²) in [4.78, 5) is 15.0. The van der Waals surface area contributed by atoms with Gasteiger partial charge in [0.2, 0.25) is 0 Å². The van der Waals surface area contributed by atoms with Gasteiger partial charge in [0.05, 0.1) is 18.7 Å². The minimum atomic E-state index is -4.61. The third-order valence-electron chi connectivity index (χ3n) is 2.41. The first-order chi connectivity index (χ1) is 7.79. The van der Waals surface area contributed by atoms with Crippen molar-refractivity contribution in [2.75, 3.05) is 13.2 Å². The quantitative estimate of drug-likeness (QED) is 0.721. The van der Waals surface area contributed by atoms with E-state index in [0.717, 1.165) is 0 Å². The van der Waals surface area contributed by atoms with Gasteiger partial charge in [-0.1, -0.05) is 13.8 Å². The average Bonchev–Trinajstić information content (AvgIpc) is 2.60. The van der Waals surface area contributed by atoms with Crippen molar-refractivity contribution < 1.29 is 22.7 Å². The van der Waals surface area contributed by atoms with Gasteiger partial charge in [-0.2, -0.15) is 13.2 Å². The molecule has 6 heteroatoms. The van der Waals surface area contributed by atoms with Crippen LogP contribution in [0, 0.1) is 5.92 Å². The highest BCUT2D eigenvalue weighted by molar-refractivity contribution is 6.23. The van der Waals surface area contributed by atoms with Crippen molar-refractivity contribution in [1.29, 1.82) is 0 Å². The van der Waals surface area contributed by atoms with E-state index in [1.807, 2.05) is 0 Å². The van der Waals surface area contributed by atoms with Crippen molar-refractivity contribution in [2.24, 2.45) is 10.9 Å². The number of halogens is 3. The number of esters is 1. The smallest absolute Gasteiger partial charge is 0.433 e. The number of rotatable bonds is 3. The Labute approximate surface area is 97.4 Å². The third kappa shape index (κ3) is 2.87. The molecule has 0 spiro atoms. The lowest BCUT2D eigenvalue weighted by Gasteiger charge is -2.13. The van der Waals surface area contributed by atoms with E-state index in [-0.39, 0.29) is 19.1 Å². The standard InChI is InChI=1S/C11H14F3NO2/c1-4-17-10(16)8-7(6(2)3)5-15-9(8)11(12,13)14/h6H,4-5H2,1-3H3. The van der Waals surface area contributed by atoms with Gasteiger partial charge in [0.15, 0.2) is 5.71 Å². The molecule has 1 rings (SSSR count). The molecule has 0 aromatic carbocycles. The highest BCUT2D eigenvalue weighted by Gasteiger charge is 2.44. The van der Waals surface area contributed by atoms with Crippen LogP contribution in [-0.4, -0.2) is 31.0 Å². The van der Waals surface area contributed by atoms with Crippen LogP contribution < -0.4 is 0 Å². The fourth-order valence-corrected chi connectivity index (χ4v) is 1.61. The van der Waals surface area contributed by atoms with E-state index in [9.17, 15) is 18.0 Å². The first-order valence-corrected chi connectivity index (χ1v) is 5.31. The first kappa shape index (κ1) is 13.7. The number of ether oxygens (including phenoxy) is 1. The van der Waals surface area contributed by atoms with E-state index in [0.29, 0.717) is 5.57 Å². The Hall–Kier alpha value is -1.33. The average molecular weight is 249 g/mol. The molecule has 0 bridgehead atoms. The maximum absolute atomic E-state index is 12.7. The Morgan fingerprint density at radius 3 is 2.47 bits per heavy atom. The Bertz CT molecular complexity index is 381. The van der Waals surface area contributed by atoms with E-state index in [1.54, 1.807) is 20.8 Å². The molecule has 0 unspecified atom stereocenters. The van der Waals surface area contributed by atoms with Crippen LogP contribution in [0.15, 0.2) is 16.1 Å². The molecule has 0 aromatic heterocycles. The summed E-state index contributed by atoms with van der Waals surface area (Å²) >= 11 is 0. The predicted octanol–water partition coefficient (Wildman–Crippen LogP) is 2.52. The zero-order valence-electron chi connectivity index (χ0n) is 9.89. The maximum atomic E-state index is 12.7. The van der Waals surface area contributed by atoms with Crippen LogP contribution in [0.25, 0.3) is 0 Å². The van der Waals surface area contributed by atoms with Crippen LogP contribution in [0.3, 0.4) is 0 Å². The van der Waals surface area contributed by atoms with Crippen LogP contribution >= 0.6 is 0 Å². The van der Waals surface area contributed by atoms with Crippen molar-refractivity contribution in [3.8, 4) is 0 Å². The summed E-state index contributed by atoms with van der Waals surface area (Å²) in [6.45, 7) is 4.96. The Balaban J connectivity index is 3.16. The largest absolute Gasteiger partial charge is 0.462 e. The minimum Gasteiger partial charge on any atom is -0.462 e. The monoisotopic (exact) mass is 249 g/mol. The van der Waals surface area contributed by atoms with Gasteiger partial charge in [-0.3, -0.25) is 4.99 Å². The van der Waals surface area contributed by atoms with Crippen LogP contribution in [0.1, 0.15) is 20.8 Å². The summed E-state index contributed by atoms with van der Waals surface area (Å²) < 4.78 is 42.7. The molecule has 17 heavy (non-hydrogen) atoms. The second-order valence-electron chi connectivity index (χ2n) is 3.94. The Kier molecular flexibility index (Phi) is 3.95. The van der Waals surface area contributed by atoms with Crippen LogP contribution in [-0.2, 0) is 9.53 Å². The number of hydrogen-bond acceptors (Lipinski definition) is 3. The highest BCUT2D eigenvalue weighted by Crippen LogP contribution is 2.31. The van der Waals surface area contributed by atoms with Crippen LogP contribution in [0.2, 0.25) is 0 Å². The van der Waals surface area contributed by atoms with Crippen LogP contribution in [0.4, 0.5) is 13.2 Å². The molecule has 0 saturated carbocycles. The number of carbonyl (C=O) groups is 1. The molecule has 0 N–H and O–H groups in total. The van der Waals surface area contributed by atoms with E-state index in [1.165, 1.54) is 0 Å². The predicted molar refractivity (Wildman–Crippen MR) is 56.9 cm³/mol. The van der Waals surface area contributed by atoms with Crippen molar-refractivity contribution in [3.63, 3.8) is 0 Å². The lowest BCUT2D eigenvalue weighted by Crippen LogP contribution is -2.28. The molecule has 96 valence electrons. The van der Waals surface area contributed by atoms with E-state index in [4.69, 9.17) is 0 Å². The van der Waals surface area contributed by atoms with E-state index < -0.39 is 23.4 Å². The van der Waals surface area contributed by atoms with Gasteiger partial charge in [0.25, 0.3) is 0 Å². The summed E-state index contributed by atoms with van der Waals surface area (Å²) in [6.07, 6.45) is -4.61. The topological polar surface area (TPSA) is 38.7 Å². The Morgan fingerprint density at radius 2 is 2.06 bits per heavy atom. The van der Waals surface area contributed by atoms with E-state index >= 15 is 0 Å². The molecule has 0 aromatic rings. The summed E-state index contributed by atoms with van der Waals surface area (Å²) in [5, 5.41) is 0. The first-order valence-electron chi connectivity index (χ1n) is 5.31. The lowest BCUT2D eigenvalue weighted by molar-refractivity contribution is -0.138. The van der Waals surface area contributed by atoms with Gasteiger partial charge in [-0.25, -0.2) is 4.79 Å². The normalized spacial score (nSPS) is 16.5. The van der Waals surface area contributed by atoms with Gasteiger partial charge >= 0.3 is 12.1 Å². The van der Waals surface area contributed by atoms with Gasteiger partial charge in [-0.05, 0) is 18.4 Å². The van der Waals surface area contributed by atoms with Gasteiger partial charge in [0, 0.05) is 0 Å². The van der Waals surface area contributed by atoms with Gasteiger partial charge < -0.3 is 4.74 Å². The number of hydrogen-bond donors (Lipinski definition) is 0. The zero-order valence-corrected chi connectivity index (χ0v) is 9.89. The van der Waals surface area contributed by atoms with Crippen LogP contribution in [0.5, 0.6) is 0 Å².